The van der Waals surface area contributed by atoms with Crippen molar-refractivity contribution >= 4 is 0 Å². The molecule has 4 nitrogen and oxygen atoms in total. The van der Waals surface area contributed by atoms with E-state index in [2.05, 4.69) is 21.8 Å². The van der Waals surface area contributed by atoms with Gasteiger partial charge in [0.25, 0.3) is 0 Å². The second kappa shape index (κ2) is 6.37. The first kappa shape index (κ1) is 14.9. The third-order valence-corrected chi connectivity index (χ3v) is 3.46. The molecule has 0 spiro atoms. The summed E-state index contributed by atoms with van der Waals surface area (Å²) < 4.78 is 7.20. The molecular weight excluding hydrogens is 286 g/mol. The van der Waals surface area contributed by atoms with E-state index in [4.69, 9.17) is 4.74 Å². The van der Waals surface area contributed by atoms with Gasteiger partial charge >= 0.3 is 0 Å². The van der Waals surface area contributed by atoms with Gasteiger partial charge in [-0.15, -0.1) is 0 Å². The lowest BCUT2D eigenvalue weighted by molar-refractivity contribution is 0.414. The molecule has 1 aromatic carbocycles. The van der Waals surface area contributed by atoms with Crippen LogP contribution in [0.5, 0.6) is 5.75 Å². The molecule has 0 unspecified atom stereocenters. The van der Waals surface area contributed by atoms with E-state index in [1.165, 1.54) is 0 Å². The van der Waals surface area contributed by atoms with Crippen LogP contribution in [0.4, 0.5) is 0 Å². The quantitative estimate of drug-likeness (QED) is 0.682. The molecule has 0 atom stereocenters. The number of imidazole rings is 1. The van der Waals surface area contributed by atoms with Gasteiger partial charge in [0.15, 0.2) is 0 Å². The Labute approximate surface area is 135 Å². The first-order chi connectivity index (χ1) is 11.2. The monoisotopic (exact) mass is 303 g/mol. The van der Waals surface area contributed by atoms with Crippen LogP contribution in [0.15, 0.2) is 48.8 Å². The molecule has 0 amide bonds. The molecule has 0 aliphatic carbocycles. The number of aryl methyl sites for hydroxylation is 2. The number of ether oxygens (including phenoxy) is 1. The summed E-state index contributed by atoms with van der Waals surface area (Å²) in [5.74, 6) is 7.96. The predicted octanol–water partition coefficient (Wildman–Crippen LogP) is 3.29. The number of benzene rings is 1. The first-order valence-corrected chi connectivity index (χ1v) is 7.31. The van der Waals surface area contributed by atoms with Crippen molar-refractivity contribution in [3.8, 4) is 23.3 Å². The number of aromatic nitrogens is 3. The Morgan fingerprint density at radius 3 is 2.52 bits per heavy atom. The summed E-state index contributed by atoms with van der Waals surface area (Å²) in [6.07, 6.45) is 3.71. The van der Waals surface area contributed by atoms with E-state index in [1.807, 2.05) is 61.0 Å². The highest BCUT2D eigenvalue weighted by Crippen LogP contribution is 2.17. The first-order valence-electron chi connectivity index (χ1n) is 7.31. The van der Waals surface area contributed by atoms with Crippen molar-refractivity contribution in [2.24, 2.45) is 0 Å². The molecule has 0 radical (unpaired) electrons. The predicted molar refractivity (Wildman–Crippen MR) is 89.8 cm³/mol. The van der Waals surface area contributed by atoms with E-state index >= 15 is 0 Å². The normalized spacial score (nSPS) is 10.0. The SMILES string of the molecule is COc1ccc(-n2cc(C#Cc3ccnc(C)c3)nc2C)cc1. The van der Waals surface area contributed by atoms with Crippen LogP contribution < -0.4 is 4.74 Å². The van der Waals surface area contributed by atoms with E-state index in [9.17, 15) is 0 Å². The second-order valence-corrected chi connectivity index (χ2v) is 5.18. The third kappa shape index (κ3) is 3.41. The zero-order chi connectivity index (χ0) is 16.2. The molecule has 0 fully saturated rings. The van der Waals surface area contributed by atoms with Gasteiger partial charge in [0, 0.05) is 29.3 Å². The maximum Gasteiger partial charge on any atom is 0.132 e. The van der Waals surface area contributed by atoms with Crippen molar-refractivity contribution in [3.63, 3.8) is 0 Å². The van der Waals surface area contributed by atoms with Gasteiger partial charge in [-0.25, -0.2) is 4.98 Å². The standard InChI is InChI=1S/C19H17N3O/c1-14-12-16(10-11-20-14)4-5-17-13-22(15(2)21-17)18-6-8-19(23-3)9-7-18/h6-13H,1-3H3. The lowest BCUT2D eigenvalue weighted by Crippen LogP contribution is -1.95. The highest BCUT2D eigenvalue weighted by Gasteiger charge is 2.04. The van der Waals surface area contributed by atoms with Gasteiger partial charge in [-0.05, 0) is 56.2 Å². The van der Waals surface area contributed by atoms with Crippen LogP contribution in [0.25, 0.3) is 5.69 Å². The Hall–Kier alpha value is -3.06. The molecule has 114 valence electrons. The molecule has 23 heavy (non-hydrogen) atoms. The van der Waals surface area contributed by atoms with Gasteiger partial charge in [-0.3, -0.25) is 4.98 Å². The Bertz CT molecular complexity index is 883. The van der Waals surface area contributed by atoms with E-state index in [0.717, 1.165) is 34.2 Å². The molecule has 0 saturated carbocycles. The highest BCUT2D eigenvalue weighted by atomic mass is 16.5. The lowest BCUT2D eigenvalue weighted by Gasteiger charge is -2.05. The van der Waals surface area contributed by atoms with Gasteiger partial charge < -0.3 is 9.30 Å². The molecule has 0 aliphatic heterocycles. The minimum absolute atomic E-state index is 0.743. The van der Waals surface area contributed by atoms with Crippen LogP contribution in [0.1, 0.15) is 22.8 Å². The van der Waals surface area contributed by atoms with Crippen LogP contribution >= 0.6 is 0 Å². The van der Waals surface area contributed by atoms with Crippen LogP contribution in [0.2, 0.25) is 0 Å². The summed E-state index contributed by atoms with van der Waals surface area (Å²) in [6, 6.07) is 11.7. The zero-order valence-electron chi connectivity index (χ0n) is 13.4. The molecule has 0 N–H and O–H groups in total. The van der Waals surface area contributed by atoms with Crippen LogP contribution in [0.3, 0.4) is 0 Å². The topological polar surface area (TPSA) is 39.9 Å². The molecule has 2 aromatic heterocycles. The van der Waals surface area contributed by atoms with Crippen molar-refractivity contribution in [1.29, 1.82) is 0 Å². The smallest absolute Gasteiger partial charge is 0.132 e. The minimum Gasteiger partial charge on any atom is -0.497 e. The summed E-state index contributed by atoms with van der Waals surface area (Å²) in [6.45, 7) is 3.92. The highest BCUT2D eigenvalue weighted by molar-refractivity contribution is 5.43. The van der Waals surface area contributed by atoms with Gasteiger partial charge in [0.05, 0.1) is 7.11 Å². The van der Waals surface area contributed by atoms with E-state index in [1.54, 1.807) is 13.3 Å². The van der Waals surface area contributed by atoms with E-state index in [-0.39, 0.29) is 0 Å². The van der Waals surface area contributed by atoms with Crippen LogP contribution in [-0.2, 0) is 0 Å². The van der Waals surface area contributed by atoms with E-state index in [0.29, 0.717) is 0 Å². The lowest BCUT2D eigenvalue weighted by atomic mass is 10.2. The number of pyridine rings is 1. The summed E-state index contributed by atoms with van der Waals surface area (Å²) in [5, 5.41) is 0. The Morgan fingerprint density at radius 2 is 1.83 bits per heavy atom. The molecule has 0 bridgehead atoms. The minimum atomic E-state index is 0.743. The Balaban J connectivity index is 1.89. The fourth-order valence-corrected chi connectivity index (χ4v) is 2.30. The van der Waals surface area contributed by atoms with Crippen molar-refractivity contribution in [3.05, 3.63) is 71.6 Å². The largest absolute Gasteiger partial charge is 0.497 e. The van der Waals surface area contributed by atoms with Crippen LogP contribution in [-0.4, -0.2) is 21.6 Å². The summed E-state index contributed by atoms with van der Waals surface area (Å²) in [7, 11) is 1.66. The van der Waals surface area contributed by atoms with Gasteiger partial charge in [0.2, 0.25) is 0 Å². The van der Waals surface area contributed by atoms with Gasteiger partial charge in [0.1, 0.15) is 17.3 Å². The molecule has 0 aliphatic rings. The van der Waals surface area contributed by atoms with Crippen molar-refractivity contribution in [2.45, 2.75) is 13.8 Å². The fourth-order valence-electron chi connectivity index (χ4n) is 2.30. The number of hydrogen-bond acceptors (Lipinski definition) is 3. The number of nitrogens with zero attached hydrogens (tertiary/aromatic N) is 3. The Kier molecular flexibility index (Phi) is 4.11. The van der Waals surface area contributed by atoms with Gasteiger partial charge in [-0.2, -0.15) is 0 Å². The van der Waals surface area contributed by atoms with Crippen molar-refractivity contribution in [1.82, 2.24) is 14.5 Å². The Morgan fingerprint density at radius 1 is 1.04 bits per heavy atom. The average molecular weight is 303 g/mol. The van der Waals surface area contributed by atoms with Crippen molar-refractivity contribution in [2.75, 3.05) is 7.11 Å². The molecule has 4 heteroatoms. The number of hydrogen-bond donors (Lipinski definition) is 0. The van der Waals surface area contributed by atoms with E-state index < -0.39 is 0 Å². The summed E-state index contributed by atoms with van der Waals surface area (Å²) in [4.78, 5) is 8.68. The van der Waals surface area contributed by atoms with Gasteiger partial charge in [-0.1, -0.05) is 5.92 Å². The summed E-state index contributed by atoms with van der Waals surface area (Å²) in [5.41, 5.74) is 3.67. The zero-order valence-corrected chi connectivity index (χ0v) is 13.4. The molecule has 3 aromatic rings. The molecule has 2 heterocycles. The maximum absolute atomic E-state index is 5.19. The molecule has 3 rings (SSSR count). The number of methoxy groups -OCH3 is 1. The molecular formula is C19H17N3O. The third-order valence-electron chi connectivity index (χ3n) is 3.46. The summed E-state index contributed by atoms with van der Waals surface area (Å²) >= 11 is 0. The average Bonchev–Trinajstić information content (AvgIpc) is 2.94. The van der Waals surface area contributed by atoms with Crippen LogP contribution in [0, 0.1) is 25.7 Å². The number of rotatable bonds is 2. The second-order valence-electron chi connectivity index (χ2n) is 5.18. The molecule has 0 saturated heterocycles. The fraction of sp³-hybridized carbons (Fsp3) is 0.158. The maximum atomic E-state index is 5.19. The van der Waals surface area contributed by atoms with Crippen molar-refractivity contribution < 1.29 is 4.74 Å².